The van der Waals surface area contributed by atoms with E-state index in [1.54, 1.807) is 12.1 Å². The third-order valence-electron chi connectivity index (χ3n) is 4.59. The van der Waals surface area contributed by atoms with Crippen molar-refractivity contribution in [1.82, 2.24) is 20.4 Å². The maximum Gasteiger partial charge on any atom is 0.282 e. The van der Waals surface area contributed by atoms with Crippen molar-refractivity contribution in [2.75, 3.05) is 19.6 Å². The third-order valence-corrected chi connectivity index (χ3v) is 6.57. The molecule has 1 N–H and O–H groups in total. The number of amides is 1. The first-order chi connectivity index (χ1) is 11.7. The second-order valence-electron chi connectivity index (χ2n) is 6.15. The van der Waals surface area contributed by atoms with Crippen LogP contribution in [0.25, 0.3) is 0 Å². The number of halogens is 1. The molecule has 8 heteroatoms. The Kier molecular flexibility index (Phi) is 4.51. The molecule has 3 fully saturated rings. The van der Waals surface area contributed by atoms with Gasteiger partial charge < -0.3 is 10.2 Å². The van der Waals surface area contributed by atoms with Gasteiger partial charge in [-0.1, -0.05) is 23.1 Å². The predicted molar refractivity (Wildman–Crippen MR) is 90.9 cm³/mol. The van der Waals surface area contributed by atoms with Crippen LogP contribution in [-0.4, -0.2) is 46.7 Å². The summed E-state index contributed by atoms with van der Waals surface area (Å²) in [6.07, 6.45) is 2.32. The molecule has 0 spiro atoms. The molecule has 5 rings (SSSR count). The van der Waals surface area contributed by atoms with Gasteiger partial charge >= 0.3 is 0 Å². The van der Waals surface area contributed by atoms with Crippen LogP contribution in [0.3, 0.4) is 0 Å². The predicted octanol–water partition coefficient (Wildman–Crippen LogP) is 2.65. The molecule has 0 aliphatic carbocycles. The molecule has 2 bridgehead atoms. The molecule has 3 aliphatic rings. The highest BCUT2D eigenvalue weighted by atomic mass is 32.2. The van der Waals surface area contributed by atoms with Crippen LogP contribution in [0.2, 0.25) is 0 Å². The Hall–Kier alpha value is -1.51. The number of carbonyl (C=O) groups is 1. The largest absolute Gasteiger partial charge is 0.346 e. The normalized spacial score (nSPS) is 25.6. The summed E-state index contributed by atoms with van der Waals surface area (Å²) in [6, 6.07) is 6.41. The Morgan fingerprint density at radius 3 is 2.67 bits per heavy atom. The Balaban J connectivity index is 1.39. The molecule has 5 nitrogen and oxygen atoms in total. The lowest BCUT2D eigenvalue weighted by Gasteiger charge is -2.44. The molecule has 1 aromatic heterocycles. The summed E-state index contributed by atoms with van der Waals surface area (Å²) in [5.74, 6) is 0.173. The van der Waals surface area contributed by atoms with Crippen LogP contribution in [0.15, 0.2) is 33.5 Å². The number of rotatable bonds is 4. The summed E-state index contributed by atoms with van der Waals surface area (Å²) in [7, 11) is 0. The minimum atomic E-state index is -0.269. The molecule has 1 atom stereocenters. The van der Waals surface area contributed by atoms with Crippen LogP contribution in [0, 0.1) is 11.7 Å². The number of aromatic nitrogens is 2. The van der Waals surface area contributed by atoms with Gasteiger partial charge in [0.15, 0.2) is 4.34 Å². The van der Waals surface area contributed by atoms with Crippen molar-refractivity contribution in [2.45, 2.75) is 28.1 Å². The van der Waals surface area contributed by atoms with Crippen molar-refractivity contribution in [3.63, 3.8) is 0 Å². The fraction of sp³-hybridized carbons (Fsp3) is 0.438. The van der Waals surface area contributed by atoms with Crippen molar-refractivity contribution in [2.24, 2.45) is 5.92 Å². The number of piperidine rings is 3. The van der Waals surface area contributed by atoms with Crippen molar-refractivity contribution in [3.05, 3.63) is 35.1 Å². The van der Waals surface area contributed by atoms with Crippen LogP contribution in [0.5, 0.6) is 0 Å². The van der Waals surface area contributed by atoms with E-state index in [0.717, 1.165) is 37.4 Å². The van der Waals surface area contributed by atoms with Gasteiger partial charge in [-0.3, -0.25) is 4.79 Å². The Bertz CT molecular complexity index is 728. The lowest BCUT2D eigenvalue weighted by molar-refractivity contribution is 0.0620. The van der Waals surface area contributed by atoms with E-state index in [1.165, 1.54) is 35.2 Å². The fourth-order valence-electron chi connectivity index (χ4n) is 3.30. The number of carbonyl (C=O) groups excluding carboxylic acids is 1. The first-order valence-corrected chi connectivity index (χ1v) is 9.61. The van der Waals surface area contributed by atoms with E-state index in [1.807, 2.05) is 0 Å². The molecule has 126 valence electrons. The van der Waals surface area contributed by atoms with Gasteiger partial charge in [-0.2, -0.15) is 0 Å². The van der Waals surface area contributed by atoms with Crippen LogP contribution >= 0.6 is 23.1 Å². The molecule has 3 aliphatic heterocycles. The number of fused-ring (bicyclic) bond motifs is 3. The van der Waals surface area contributed by atoms with Crippen molar-refractivity contribution in [1.29, 1.82) is 0 Å². The molecule has 0 radical (unpaired) electrons. The van der Waals surface area contributed by atoms with Gasteiger partial charge in [-0.15, -0.1) is 10.2 Å². The second-order valence-corrected chi connectivity index (χ2v) is 8.45. The van der Waals surface area contributed by atoms with Crippen LogP contribution in [0.4, 0.5) is 4.39 Å². The fourth-order valence-corrected chi connectivity index (χ4v) is 5.03. The average Bonchev–Trinajstić information content (AvgIpc) is 3.07. The lowest BCUT2D eigenvalue weighted by atomic mass is 9.84. The quantitative estimate of drug-likeness (QED) is 0.904. The van der Waals surface area contributed by atoms with Gasteiger partial charge in [0.05, 0.1) is 0 Å². The molecular weight excluding hydrogens is 347 g/mol. The summed E-state index contributed by atoms with van der Waals surface area (Å²) in [5, 5.41) is 11.6. The summed E-state index contributed by atoms with van der Waals surface area (Å²) in [5.41, 5.74) is 0. The van der Waals surface area contributed by atoms with Crippen molar-refractivity contribution < 1.29 is 9.18 Å². The van der Waals surface area contributed by atoms with E-state index >= 15 is 0 Å². The molecule has 3 saturated heterocycles. The van der Waals surface area contributed by atoms with Crippen LogP contribution < -0.4 is 5.32 Å². The highest BCUT2D eigenvalue weighted by molar-refractivity contribution is 8.01. The monoisotopic (exact) mass is 364 g/mol. The number of hydrogen-bond donors (Lipinski definition) is 1. The Labute approximate surface area is 147 Å². The number of nitrogens with zero attached hydrogens (tertiary/aromatic N) is 3. The van der Waals surface area contributed by atoms with Crippen molar-refractivity contribution in [3.8, 4) is 0 Å². The zero-order valence-electron chi connectivity index (χ0n) is 12.9. The van der Waals surface area contributed by atoms with Gasteiger partial charge in [-0.25, -0.2) is 4.39 Å². The van der Waals surface area contributed by atoms with E-state index in [-0.39, 0.29) is 17.8 Å². The zero-order valence-corrected chi connectivity index (χ0v) is 14.6. The van der Waals surface area contributed by atoms with Crippen molar-refractivity contribution >= 4 is 29.0 Å². The van der Waals surface area contributed by atoms with E-state index in [4.69, 9.17) is 0 Å². The molecular formula is C16H17FN4OS2. The molecule has 2 aromatic rings. The maximum absolute atomic E-state index is 12.9. The molecule has 4 heterocycles. The van der Waals surface area contributed by atoms with Gasteiger partial charge in [0.25, 0.3) is 5.91 Å². The highest BCUT2D eigenvalue weighted by Crippen LogP contribution is 2.31. The SMILES string of the molecule is O=C(NC1CN2CCC1CC2)c1nnc(Sc2ccc(F)cc2)s1. The molecule has 0 saturated carbocycles. The van der Waals surface area contributed by atoms with Gasteiger partial charge in [0.2, 0.25) is 5.01 Å². The van der Waals surface area contributed by atoms with Gasteiger partial charge in [0.1, 0.15) is 5.82 Å². The minimum absolute atomic E-state index is 0.141. The number of hydrogen-bond acceptors (Lipinski definition) is 6. The Morgan fingerprint density at radius 1 is 1.25 bits per heavy atom. The number of nitrogens with one attached hydrogen (secondary N) is 1. The van der Waals surface area contributed by atoms with E-state index in [0.29, 0.717) is 15.3 Å². The minimum Gasteiger partial charge on any atom is -0.346 e. The van der Waals surface area contributed by atoms with Crippen LogP contribution in [-0.2, 0) is 0 Å². The average molecular weight is 364 g/mol. The lowest BCUT2D eigenvalue weighted by Crippen LogP contribution is -2.57. The zero-order chi connectivity index (χ0) is 16.5. The Morgan fingerprint density at radius 2 is 2.00 bits per heavy atom. The molecule has 1 aromatic carbocycles. The molecule has 1 amide bonds. The first-order valence-electron chi connectivity index (χ1n) is 7.97. The summed E-state index contributed by atoms with van der Waals surface area (Å²) >= 11 is 2.65. The number of benzene rings is 1. The summed E-state index contributed by atoms with van der Waals surface area (Å²) < 4.78 is 13.6. The second kappa shape index (κ2) is 6.78. The smallest absolute Gasteiger partial charge is 0.282 e. The van der Waals surface area contributed by atoms with E-state index in [2.05, 4.69) is 20.4 Å². The van der Waals surface area contributed by atoms with E-state index in [9.17, 15) is 9.18 Å². The standard InChI is InChI=1S/C16H17FN4OS2/c17-11-1-3-12(4-2-11)23-16-20-19-15(24-16)14(22)18-13-9-21-7-5-10(13)6-8-21/h1-4,10,13H,5-9H2,(H,18,22). The van der Waals surface area contributed by atoms with Crippen LogP contribution in [0.1, 0.15) is 22.6 Å². The molecule has 1 unspecified atom stereocenters. The summed E-state index contributed by atoms with van der Waals surface area (Å²) in [4.78, 5) is 15.7. The topological polar surface area (TPSA) is 58.1 Å². The first kappa shape index (κ1) is 16.0. The molecule has 24 heavy (non-hydrogen) atoms. The summed E-state index contributed by atoms with van der Waals surface area (Å²) in [6.45, 7) is 3.23. The highest BCUT2D eigenvalue weighted by Gasteiger charge is 2.35. The van der Waals surface area contributed by atoms with E-state index < -0.39 is 0 Å². The maximum atomic E-state index is 12.9. The van der Waals surface area contributed by atoms with Gasteiger partial charge in [0, 0.05) is 17.5 Å². The van der Waals surface area contributed by atoms with Gasteiger partial charge in [-0.05, 0) is 56.1 Å². The third kappa shape index (κ3) is 3.45.